The van der Waals surface area contributed by atoms with Crippen LogP contribution in [0.15, 0.2) is 11.7 Å². The van der Waals surface area contributed by atoms with Gasteiger partial charge in [-0.15, -0.1) is 11.3 Å². The number of aromatic nitrogens is 1. The molecule has 0 atom stereocenters. The van der Waals surface area contributed by atoms with E-state index < -0.39 is 0 Å². The SMILES string of the molecule is O=C(NCCOC1CCNCC1)c1cncs1. The lowest BCUT2D eigenvalue weighted by atomic mass is 10.1. The first-order chi connectivity index (χ1) is 8.36. The van der Waals surface area contributed by atoms with Crippen LogP contribution in [0.3, 0.4) is 0 Å². The maximum Gasteiger partial charge on any atom is 0.263 e. The third kappa shape index (κ3) is 4.07. The largest absolute Gasteiger partial charge is 0.376 e. The van der Waals surface area contributed by atoms with Crippen LogP contribution in [0.4, 0.5) is 0 Å². The number of rotatable bonds is 5. The maximum atomic E-state index is 11.6. The van der Waals surface area contributed by atoms with Crippen LogP contribution in [-0.2, 0) is 4.74 Å². The minimum atomic E-state index is -0.0681. The summed E-state index contributed by atoms with van der Waals surface area (Å²) in [7, 11) is 0. The van der Waals surface area contributed by atoms with Gasteiger partial charge >= 0.3 is 0 Å². The summed E-state index contributed by atoms with van der Waals surface area (Å²) in [5.74, 6) is -0.0681. The van der Waals surface area contributed by atoms with Crippen molar-refractivity contribution in [1.82, 2.24) is 15.6 Å². The highest BCUT2D eigenvalue weighted by Crippen LogP contribution is 2.07. The normalized spacial score (nSPS) is 16.9. The Labute approximate surface area is 105 Å². The zero-order valence-corrected chi connectivity index (χ0v) is 10.5. The highest BCUT2D eigenvalue weighted by molar-refractivity contribution is 7.11. The number of amides is 1. The Balaban J connectivity index is 1.58. The third-order valence-electron chi connectivity index (χ3n) is 2.68. The second kappa shape index (κ2) is 6.68. The van der Waals surface area contributed by atoms with Crippen LogP contribution in [0.5, 0.6) is 0 Å². The molecule has 6 heteroatoms. The fourth-order valence-corrected chi connectivity index (χ4v) is 2.30. The first-order valence-corrected chi connectivity index (χ1v) is 6.73. The Morgan fingerprint density at radius 3 is 3.12 bits per heavy atom. The van der Waals surface area contributed by atoms with Gasteiger partial charge in [0.15, 0.2) is 0 Å². The molecule has 0 radical (unpaired) electrons. The van der Waals surface area contributed by atoms with Crippen molar-refractivity contribution in [2.45, 2.75) is 18.9 Å². The number of thiazole rings is 1. The molecule has 2 rings (SSSR count). The standard InChI is InChI=1S/C11H17N3O2S/c15-11(10-7-13-8-17-10)14-5-6-16-9-1-3-12-4-2-9/h7-9,12H,1-6H2,(H,14,15). The molecule has 1 aliphatic rings. The van der Waals surface area contributed by atoms with Crippen LogP contribution in [0.2, 0.25) is 0 Å². The second-order valence-electron chi connectivity index (χ2n) is 3.94. The molecule has 17 heavy (non-hydrogen) atoms. The predicted octanol–water partition coefficient (Wildman–Crippen LogP) is 0.641. The van der Waals surface area contributed by atoms with E-state index in [1.165, 1.54) is 11.3 Å². The number of nitrogens with one attached hydrogen (secondary N) is 2. The summed E-state index contributed by atoms with van der Waals surface area (Å²) in [5, 5.41) is 6.10. The lowest BCUT2D eigenvalue weighted by Gasteiger charge is -2.22. The third-order valence-corrected chi connectivity index (χ3v) is 3.46. The zero-order chi connectivity index (χ0) is 11.9. The molecule has 94 valence electrons. The molecule has 1 aliphatic heterocycles. The van der Waals surface area contributed by atoms with Crippen molar-refractivity contribution in [2.75, 3.05) is 26.2 Å². The lowest BCUT2D eigenvalue weighted by Crippen LogP contribution is -2.34. The topological polar surface area (TPSA) is 63.2 Å². The molecule has 1 aromatic rings. The van der Waals surface area contributed by atoms with Gasteiger partial charge in [-0.3, -0.25) is 9.78 Å². The summed E-state index contributed by atoms with van der Waals surface area (Å²) in [6.45, 7) is 3.19. The molecular formula is C11H17N3O2S. The summed E-state index contributed by atoms with van der Waals surface area (Å²) >= 11 is 1.34. The number of carbonyl (C=O) groups is 1. The Kier molecular flexibility index (Phi) is 4.90. The van der Waals surface area contributed by atoms with E-state index in [0.717, 1.165) is 25.9 Å². The molecule has 1 fully saturated rings. The lowest BCUT2D eigenvalue weighted by molar-refractivity contribution is 0.0343. The molecule has 0 spiro atoms. The zero-order valence-electron chi connectivity index (χ0n) is 9.65. The van der Waals surface area contributed by atoms with E-state index in [-0.39, 0.29) is 5.91 Å². The smallest absolute Gasteiger partial charge is 0.263 e. The van der Waals surface area contributed by atoms with Crippen molar-refractivity contribution in [3.8, 4) is 0 Å². The molecule has 0 unspecified atom stereocenters. The van der Waals surface area contributed by atoms with Crippen LogP contribution in [-0.4, -0.2) is 43.2 Å². The van der Waals surface area contributed by atoms with Gasteiger partial charge in [-0.1, -0.05) is 0 Å². The number of hydrogen-bond donors (Lipinski definition) is 2. The Morgan fingerprint density at radius 2 is 2.41 bits per heavy atom. The highest BCUT2D eigenvalue weighted by Gasteiger charge is 2.13. The van der Waals surface area contributed by atoms with E-state index >= 15 is 0 Å². The van der Waals surface area contributed by atoms with Crippen molar-refractivity contribution in [1.29, 1.82) is 0 Å². The average molecular weight is 255 g/mol. The molecule has 0 bridgehead atoms. The number of carbonyl (C=O) groups excluding carboxylic acids is 1. The highest BCUT2D eigenvalue weighted by atomic mass is 32.1. The average Bonchev–Trinajstić information content (AvgIpc) is 2.89. The molecule has 5 nitrogen and oxygen atoms in total. The molecule has 0 saturated carbocycles. The van der Waals surface area contributed by atoms with E-state index in [1.807, 2.05) is 0 Å². The number of nitrogens with zero attached hydrogens (tertiary/aromatic N) is 1. The number of ether oxygens (including phenoxy) is 1. The Morgan fingerprint density at radius 1 is 1.59 bits per heavy atom. The van der Waals surface area contributed by atoms with Crippen LogP contribution in [0.1, 0.15) is 22.5 Å². The molecule has 2 N–H and O–H groups in total. The second-order valence-corrected chi connectivity index (χ2v) is 4.83. The monoisotopic (exact) mass is 255 g/mol. The van der Waals surface area contributed by atoms with Gasteiger partial charge in [0.2, 0.25) is 0 Å². The van der Waals surface area contributed by atoms with E-state index in [9.17, 15) is 4.79 Å². The van der Waals surface area contributed by atoms with Gasteiger partial charge in [-0.05, 0) is 25.9 Å². The van der Waals surface area contributed by atoms with E-state index in [0.29, 0.717) is 24.1 Å². The quantitative estimate of drug-likeness (QED) is 0.758. The summed E-state index contributed by atoms with van der Waals surface area (Å²) < 4.78 is 5.68. The van der Waals surface area contributed by atoms with Crippen LogP contribution >= 0.6 is 11.3 Å². The minimum Gasteiger partial charge on any atom is -0.376 e. The van der Waals surface area contributed by atoms with Gasteiger partial charge in [-0.25, -0.2) is 0 Å². The maximum absolute atomic E-state index is 11.6. The van der Waals surface area contributed by atoms with Crippen LogP contribution < -0.4 is 10.6 Å². The van der Waals surface area contributed by atoms with Crippen molar-refractivity contribution >= 4 is 17.2 Å². The Bertz CT molecular complexity index is 336. The number of piperidine rings is 1. The van der Waals surface area contributed by atoms with Crippen molar-refractivity contribution in [2.24, 2.45) is 0 Å². The summed E-state index contributed by atoms with van der Waals surface area (Å²) in [4.78, 5) is 16.1. The molecule has 1 amide bonds. The van der Waals surface area contributed by atoms with Crippen molar-refractivity contribution < 1.29 is 9.53 Å². The van der Waals surface area contributed by atoms with Crippen LogP contribution in [0.25, 0.3) is 0 Å². The Hall–Kier alpha value is -0.980. The van der Waals surface area contributed by atoms with Gasteiger partial charge in [0.1, 0.15) is 4.88 Å². The fraction of sp³-hybridized carbons (Fsp3) is 0.636. The predicted molar refractivity (Wildman–Crippen MR) is 66.3 cm³/mol. The van der Waals surface area contributed by atoms with Gasteiger partial charge < -0.3 is 15.4 Å². The van der Waals surface area contributed by atoms with E-state index in [1.54, 1.807) is 11.7 Å². The first-order valence-electron chi connectivity index (χ1n) is 5.85. The van der Waals surface area contributed by atoms with Crippen LogP contribution in [0, 0.1) is 0 Å². The molecule has 2 heterocycles. The molecular weight excluding hydrogens is 238 g/mol. The minimum absolute atomic E-state index is 0.0681. The first kappa shape index (κ1) is 12.5. The number of hydrogen-bond acceptors (Lipinski definition) is 5. The van der Waals surface area contributed by atoms with Crippen molar-refractivity contribution in [3.05, 3.63) is 16.6 Å². The molecule has 1 aromatic heterocycles. The summed E-state index contributed by atoms with van der Waals surface area (Å²) in [5.41, 5.74) is 1.65. The summed E-state index contributed by atoms with van der Waals surface area (Å²) in [6, 6.07) is 0. The summed E-state index contributed by atoms with van der Waals surface area (Å²) in [6.07, 6.45) is 4.04. The fourth-order valence-electron chi connectivity index (χ4n) is 1.77. The molecule has 0 aromatic carbocycles. The van der Waals surface area contributed by atoms with Gasteiger partial charge in [0, 0.05) is 6.54 Å². The molecule has 1 saturated heterocycles. The van der Waals surface area contributed by atoms with Gasteiger partial charge in [0.05, 0.1) is 24.4 Å². The molecule has 0 aliphatic carbocycles. The van der Waals surface area contributed by atoms with Gasteiger partial charge in [-0.2, -0.15) is 0 Å². The van der Waals surface area contributed by atoms with E-state index in [2.05, 4.69) is 15.6 Å². The van der Waals surface area contributed by atoms with Gasteiger partial charge in [0.25, 0.3) is 5.91 Å². The van der Waals surface area contributed by atoms with Crippen molar-refractivity contribution in [3.63, 3.8) is 0 Å². The van der Waals surface area contributed by atoms with E-state index in [4.69, 9.17) is 4.74 Å².